The fraction of sp³-hybridized carbons (Fsp3) is 0.273. The molecule has 0 aliphatic carbocycles. The molecule has 1 saturated heterocycles. The molecule has 2 aromatic carbocycles. The zero-order valence-corrected chi connectivity index (χ0v) is 18.2. The first-order chi connectivity index (χ1) is 15.4. The number of nitro benzene ring substituents is 1. The second-order valence-corrected chi connectivity index (χ2v) is 7.97. The molecule has 0 bridgehead atoms. The Kier molecular flexibility index (Phi) is 6.38. The Balaban J connectivity index is 1.53. The maximum Gasteiger partial charge on any atom is 0.294 e. The number of aromatic nitrogens is 1. The van der Waals surface area contributed by atoms with E-state index in [1.165, 1.54) is 6.07 Å². The number of anilines is 2. The van der Waals surface area contributed by atoms with Gasteiger partial charge in [-0.1, -0.05) is 47.1 Å². The summed E-state index contributed by atoms with van der Waals surface area (Å²) < 4.78 is 5.05. The van der Waals surface area contributed by atoms with Crippen molar-refractivity contribution in [1.29, 1.82) is 0 Å². The van der Waals surface area contributed by atoms with Crippen LogP contribution in [0.4, 0.5) is 17.2 Å². The summed E-state index contributed by atoms with van der Waals surface area (Å²) in [6, 6.07) is 15.3. The van der Waals surface area contributed by atoms with Crippen molar-refractivity contribution in [2.75, 3.05) is 36.4 Å². The molecule has 1 amide bonds. The zero-order chi connectivity index (χ0) is 22.7. The molecule has 2 heterocycles. The van der Waals surface area contributed by atoms with Crippen molar-refractivity contribution in [2.24, 2.45) is 0 Å². The highest BCUT2D eigenvalue weighted by atomic mass is 35.5. The molecule has 1 aliphatic rings. The summed E-state index contributed by atoms with van der Waals surface area (Å²) in [6.45, 7) is 3.91. The molecule has 0 radical (unpaired) electrons. The fourth-order valence-electron chi connectivity index (χ4n) is 3.91. The van der Waals surface area contributed by atoms with Gasteiger partial charge in [0, 0.05) is 43.3 Å². The molecule has 0 spiro atoms. The maximum absolute atomic E-state index is 13.2. The van der Waals surface area contributed by atoms with Gasteiger partial charge < -0.3 is 14.7 Å². The van der Waals surface area contributed by atoms with E-state index >= 15 is 0 Å². The normalized spacial score (nSPS) is 15.4. The first-order valence-corrected chi connectivity index (χ1v) is 10.5. The summed E-state index contributed by atoms with van der Waals surface area (Å²) in [5, 5.41) is 18.5. The maximum atomic E-state index is 13.2. The minimum atomic E-state index is -0.532. The average Bonchev–Trinajstić information content (AvgIpc) is 3.19. The number of rotatable bonds is 6. The van der Waals surface area contributed by atoms with E-state index in [2.05, 4.69) is 15.4 Å². The number of hydrogen-bond donors (Lipinski definition) is 1. The summed E-state index contributed by atoms with van der Waals surface area (Å²) in [7, 11) is 0. The lowest BCUT2D eigenvalue weighted by Crippen LogP contribution is -2.50. The topological polar surface area (TPSA) is 105 Å². The first-order valence-electron chi connectivity index (χ1n) is 10.1. The highest BCUT2D eigenvalue weighted by molar-refractivity contribution is 6.30. The first kappa shape index (κ1) is 21.8. The van der Waals surface area contributed by atoms with Crippen LogP contribution in [0.1, 0.15) is 17.4 Å². The number of aryl methyl sites for hydroxylation is 1. The zero-order valence-electron chi connectivity index (χ0n) is 17.4. The second kappa shape index (κ2) is 9.37. The smallest absolute Gasteiger partial charge is 0.294 e. The Morgan fingerprint density at radius 3 is 2.50 bits per heavy atom. The molecule has 1 N–H and O–H groups in total. The van der Waals surface area contributed by atoms with Gasteiger partial charge >= 0.3 is 0 Å². The Hall–Kier alpha value is -3.43. The highest BCUT2D eigenvalue weighted by Crippen LogP contribution is 2.33. The molecule has 166 valence electrons. The van der Waals surface area contributed by atoms with Crippen LogP contribution in [-0.4, -0.2) is 47.1 Å². The number of nitrogens with one attached hydrogen (secondary N) is 1. The Bertz CT molecular complexity index is 1110. The predicted molar refractivity (Wildman–Crippen MR) is 121 cm³/mol. The van der Waals surface area contributed by atoms with E-state index in [1.54, 1.807) is 25.1 Å². The van der Waals surface area contributed by atoms with Gasteiger partial charge in [0.05, 0.1) is 4.92 Å². The van der Waals surface area contributed by atoms with Crippen molar-refractivity contribution in [1.82, 2.24) is 10.1 Å². The number of benzene rings is 2. The summed E-state index contributed by atoms with van der Waals surface area (Å²) >= 11 is 5.95. The fourth-order valence-corrected chi connectivity index (χ4v) is 4.08. The van der Waals surface area contributed by atoms with Crippen LogP contribution in [0.25, 0.3) is 0 Å². The molecule has 3 aromatic rings. The van der Waals surface area contributed by atoms with Crippen LogP contribution in [0.15, 0.2) is 59.1 Å². The lowest BCUT2D eigenvalue weighted by Gasteiger charge is -2.39. The summed E-state index contributed by atoms with van der Waals surface area (Å²) in [5.74, 6) is 0.758. The molecule has 32 heavy (non-hydrogen) atoms. The Labute approximate surface area is 189 Å². The number of carbonyl (C=O) groups is 1. The average molecular weight is 456 g/mol. The van der Waals surface area contributed by atoms with Gasteiger partial charge in [-0.05, 0) is 24.6 Å². The number of piperazine rings is 1. The van der Waals surface area contributed by atoms with Crippen molar-refractivity contribution in [3.8, 4) is 0 Å². The highest BCUT2D eigenvalue weighted by Gasteiger charge is 2.32. The van der Waals surface area contributed by atoms with Gasteiger partial charge in [-0.2, -0.15) is 0 Å². The van der Waals surface area contributed by atoms with E-state index in [0.717, 1.165) is 5.56 Å². The number of amides is 1. The number of nitrogens with zero attached hydrogens (tertiary/aromatic N) is 4. The van der Waals surface area contributed by atoms with Crippen LogP contribution >= 0.6 is 11.6 Å². The van der Waals surface area contributed by atoms with E-state index in [4.69, 9.17) is 16.1 Å². The molecule has 1 unspecified atom stereocenters. The van der Waals surface area contributed by atoms with Crippen molar-refractivity contribution in [3.05, 3.63) is 81.1 Å². The van der Waals surface area contributed by atoms with Crippen molar-refractivity contribution < 1.29 is 14.2 Å². The van der Waals surface area contributed by atoms with E-state index in [-0.39, 0.29) is 11.6 Å². The molecule has 9 nitrogen and oxygen atoms in total. The molecule has 4 rings (SSSR count). The number of carbonyl (C=O) groups excluding carboxylic acids is 1. The van der Waals surface area contributed by atoms with Crippen LogP contribution < -0.4 is 10.2 Å². The minimum Gasteiger partial charge on any atom is -0.363 e. The van der Waals surface area contributed by atoms with E-state index in [0.29, 0.717) is 48.5 Å². The monoisotopic (exact) mass is 455 g/mol. The van der Waals surface area contributed by atoms with Crippen molar-refractivity contribution >= 4 is 34.7 Å². The van der Waals surface area contributed by atoms with E-state index in [9.17, 15) is 14.9 Å². The van der Waals surface area contributed by atoms with Gasteiger partial charge in [0.1, 0.15) is 17.5 Å². The van der Waals surface area contributed by atoms with Crippen molar-refractivity contribution in [2.45, 2.75) is 13.0 Å². The third-order valence-corrected chi connectivity index (χ3v) is 5.63. The lowest BCUT2D eigenvalue weighted by molar-refractivity contribution is -0.384. The van der Waals surface area contributed by atoms with E-state index in [1.807, 2.05) is 35.2 Å². The van der Waals surface area contributed by atoms with Gasteiger partial charge in [-0.15, -0.1) is 0 Å². The summed E-state index contributed by atoms with van der Waals surface area (Å²) in [6.07, 6.45) is 0. The molecule has 1 aromatic heterocycles. The minimum absolute atomic E-state index is 0.0234. The molecule has 0 saturated carbocycles. The van der Waals surface area contributed by atoms with Gasteiger partial charge in [0.25, 0.3) is 5.69 Å². The van der Waals surface area contributed by atoms with E-state index < -0.39 is 11.0 Å². The third-order valence-electron chi connectivity index (χ3n) is 5.40. The summed E-state index contributed by atoms with van der Waals surface area (Å²) in [4.78, 5) is 28.3. The van der Waals surface area contributed by atoms with Crippen molar-refractivity contribution in [3.63, 3.8) is 0 Å². The molecule has 10 heteroatoms. The van der Waals surface area contributed by atoms with Gasteiger partial charge in [0.2, 0.25) is 5.91 Å². The van der Waals surface area contributed by atoms with Crippen LogP contribution in [-0.2, 0) is 4.79 Å². The van der Waals surface area contributed by atoms with Gasteiger partial charge in [0.15, 0.2) is 5.82 Å². The summed E-state index contributed by atoms with van der Waals surface area (Å²) in [5.41, 5.74) is 1.36. The largest absolute Gasteiger partial charge is 0.363 e. The lowest BCUT2D eigenvalue weighted by atomic mass is 10.0. The predicted octanol–water partition coefficient (Wildman–Crippen LogP) is 4.05. The molecule has 1 aliphatic heterocycles. The Morgan fingerprint density at radius 2 is 1.88 bits per heavy atom. The standard InChI is InChI=1S/C22H22ClN5O4/c1-15-13-20(25-32-15)24-22(29)21(16-5-3-2-4-6-16)27-11-9-26(10-12-27)18-8-7-17(23)14-19(18)28(30)31/h2-8,13-14,21H,9-12H2,1H3,(H,24,25,29). The number of nitro groups is 1. The third kappa shape index (κ3) is 4.74. The SMILES string of the molecule is Cc1cc(NC(=O)C(c2ccccc2)N2CCN(c3ccc(Cl)cc3[N+](=O)[O-])CC2)no1. The van der Waals surface area contributed by atoms with Crippen LogP contribution in [0, 0.1) is 17.0 Å². The molecule has 1 fully saturated rings. The van der Waals surface area contributed by atoms with Gasteiger partial charge in [-0.3, -0.25) is 19.8 Å². The van der Waals surface area contributed by atoms with Gasteiger partial charge in [-0.25, -0.2) is 0 Å². The van der Waals surface area contributed by atoms with Crippen LogP contribution in [0.3, 0.4) is 0 Å². The molecular weight excluding hydrogens is 434 g/mol. The number of hydrogen-bond acceptors (Lipinski definition) is 7. The molecular formula is C22H22ClN5O4. The van der Waals surface area contributed by atoms with Crippen LogP contribution in [0.2, 0.25) is 5.02 Å². The number of halogens is 1. The Morgan fingerprint density at radius 1 is 1.16 bits per heavy atom. The molecule has 1 atom stereocenters. The second-order valence-electron chi connectivity index (χ2n) is 7.54. The quantitative estimate of drug-likeness (QED) is 0.441. The van der Waals surface area contributed by atoms with Crippen LogP contribution in [0.5, 0.6) is 0 Å².